The summed E-state index contributed by atoms with van der Waals surface area (Å²) in [4.78, 5) is 40.4. The van der Waals surface area contributed by atoms with Crippen LogP contribution in [0.15, 0.2) is 93.2 Å². The van der Waals surface area contributed by atoms with Gasteiger partial charge in [-0.2, -0.15) is 0 Å². The van der Waals surface area contributed by atoms with Gasteiger partial charge in [-0.25, -0.2) is 0 Å². The Kier molecular flexibility index (Phi) is 40.1. The van der Waals surface area contributed by atoms with Gasteiger partial charge in [0, 0.05) is 0 Å². The first-order valence-corrected chi connectivity index (χ1v) is 16.1. The van der Waals surface area contributed by atoms with E-state index in [0.29, 0.717) is 0 Å². The number of allylic oxidation sites excluding steroid dienone is 12. The molecule has 274 valence electrons. The van der Waals surface area contributed by atoms with Crippen LogP contribution in [0.1, 0.15) is 134 Å². The average Bonchev–Trinajstić information content (AvgIpc) is 2.87. The molecule has 0 aliphatic carbocycles. The van der Waals surface area contributed by atoms with Crippen LogP contribution in [0.25, 0.3) is 0 Å². The van der Waals surface area contributed by atoms with Gasteiger partial charge in [-0.15, -0.1) is 0 Å². The van der Waals surface area contributed by atoms with Crippen LogP contribution in [0.5, 0.6) is 0 Å². The molecular weight excluding hydrogens is 704 g/mol. The SMILES string of the molecule is CC(C)=CCC/C(C)=C/C(=O)[O-].CC(C)=CCC/C(C)=C/C(=O)[O-].CC(C)=CCC/C(C)=C/C(=O)[O-].CC(C)=CCC/C(C)=C/C(=O)[O-].[Mo+4]. The van der Waals surface area contributed by atoms with Crippen LogP contribution in [0, 0.1) is 0 Å². The second-order valence-corrected chi connectivity index (χ2v) is 12.5. The van der Waals surface area contributed by atoms with E-state index >= 15 is 0 Å². The van der Waals surface area contributed by atoms with Crippen molar-refractivity contribution in [2.75, 3.05) is 0 Å². The minimum absolute atomic E-state index is 0. The van der Waals surface area contributed by atoms with E-state index in [1.165, 1.54) is 22.3 Å². The van der Waals surface area contributed by atoms with Crippen molar-refractivity contribution in [1.29, 1.82) is 0 Å². The molecule has 8 nitrogen and oxygen atoms in total. The smallest absolute Gasteiger partial charge is 0.545 e. The third-order valence-electron chi connectivity index (χ3n) is 5.82. The first kappa shape index (κ1) is 54.9. The summed E-state index contributed by atoms with van der Waals surface area (Å²) in [6.07, 6.45) is 19.7. The largest absolute Gasteiger partial charge is 4.00 e. The fourth-order valence-corrected chi connectivity index (χ4v) is 3.45. The van der Waals surface area contributed by atoms with Crippen molar-refractivity contribution in [2.24, 2.45) is 0 Å². The van der Waals surface area contributed by atoms with E-state index in [2.05, 4.69) is 24.3 Å². The quantitative estimate of drug-likeness (QED) is 0.110. The van der Waals surface area contributed by atoms with Gasteiger partial charge in [0.1, 0.15) is 0 Å². The van der Waals surface area contributed by atoms with Gasteiger partial charge in [0.25, 0.3) is 0 Å². The van der Waals surface area contributed by atoms with Crippen LogP contribution in [-0.4, -0.2) is 23.9 Å². The van der Waals surface area contributed by atoms with Gasteiger partial charge in [0.2, 0.25) is 0 Å². The number of carboxylic acids is 4. The molecule has 0 aromatic rings. The molecule has 49 heavy (non-hydrogen) atoms. The Balaban J connectivity index is -0.000000174. The average molecular weight is 765 g/mol. The number of carbonyl (C=O) groups excluding carboxylic acids is 4. The van der Waals surface area contributed by atoms with Crippen molar-refractivity contribution in [3.8, 4) is 0 Å². The summed E-state index contributed by atoms with van der Waals surface area (Å²) in [7, 11) is 0. The Morgan fingerprint density at radius 2 is 0.490 bits per heavy atom. The third kappa shape index (κ3) is 60.3. The molecule has 0 unspecified atom stereocenters. The molecule has 0 saturated carbocycles. The second kappa shape index (κ2) is 35.8. The van der Waals surface area contributed by atoms with E-state index in [1.807, 2.05) is 55.4 Å². The van der Waals surface area contributed by atoms with Crippen molar-refractivity contribution in [3.05, 3.63) is 93.2 Å². The zero-order valence-corrected chi connectivity index (χ0v) is 34.0. The maximum Gasteiger partial charge on any atom is 4.00 e. The predicted molar refractivity (Wildman–Crippen MR) is 190 cm³/mol. The zero-order valence-electron chi connectivity index (χ0n) is 31.9. The summed E-state index contributed by atoms with van der Waals surface area (Å²) < 4.78 is 0. The first-order valence-electron chi connectivity index (χ1n) is 16.1. The summed E-state index contributed by atoms with van der Waals surface area (Å²) in [6, 6.07) is 0. The van der Waals surface area contributed by atoms with Crippen molar-refractivity contribution in [2.45, 2.75) is 134 Å². The first-order chi connectivity index (χ1) is 22.1. The second-order valence-electron chi connectivity index (χ2n) is 12.5. The van der Waals surface area contributed by atoms with E-state index in [0.717, 1.165) is 98.0 Å². The topological polar surface area (TPSA) is 161 Å². The molecule has 0 spiro atoms. The molecule has 0 saturated heterocycles. The number of hydrogen-bond acceptors (Lipinski definition) is 8. The van der Waals surface area contributed by atoms with Gasteiger partial charge in [0.15, 0.2) is 0 Å². The van der Waals surface area contributed by atoms with E-state index in [1.54, 1.807) is 27.7 Å². The number of aliphatic carboxylic acids is 4. The van der Waals surface area contributed by atoms with Crippen LogP contribution < -0.4 is 20.4 Å². The molecular formula is C40H60MoO8. The van der Waals surface area contributed by atoms with Gasteiger partial charge >= 0.3 is 21.1 Å². The Morgan fingerprint density at radius 3 is 0.592 bits per heavy atom. The molecule has 0 atom stereocenters. The van der Waals surface area contributed by atoms with Gasteiger partial charge in [-0.3, -0.25) is 0 Å². The summed E-state index contributed by atoms with van der Waals surface area (Å²) in [5.74, 6) is -4.43. The van der Waals surface area contributed by atoms with Crippen molar-refractivity contribution >= 4 is 23.9 Å². The molecule has 0 amide bonds. The van der Waals surface area contributed by atoms with E-state index < -0.39 is 23.9 Å². The minimum atomic E-state index is -1.11. The standard InChI is InChI=1S/4C10H16O2.Mo/c4*1-8(2)5-4-6-9(3)7-10(11)12;/h4*5,7H,4,6H2,1-3H3,(H,11,12);/q;;;;+4/p-4/b4*9-7+;. The Labute approximate surface area is 311 Å². The number of hydrogen-bond donors (Lipinski definition) is 0. The molecule has 0 aromatic carbocycles. The van der Waals surface area contributed by atoms with Gasteiger partial charge < -0.3 is 39.6 Å². The maximum atomic E-state index is 10.1. The summed E-state index contributed by atoms with van der Waals surface area (Å²) in [5, 5.41) is 40.4. The normalized spacial score (nSPS) is 10.9. The van der Waals surface area contributed by atoms with Crippen LogP contribution in [0.3, 0.4) is 0 Å². The molecule has 0 aromatic heterocycles. The van der Waals surface area contributed by atoms with Gasteiger partial charge in [0.05, 0.1) is 23.9 Å². The fraction of sp³-hybridized carbons (Fsp3) is 0.500. The van der Waals surface area contributed by atoms with Crippen LogP contribution >= 0.6 is 0 Å². The van der Waals surface area contributed by atoms with Gasteiger partial charge in [-0.05, 0) is 159 Å². The van der Waals surface area contributed by atoms with Gasteiger partial charge in [-0.1, -0.05) is 68.9 Å². The molecule has 0 rings (SSSR count). The number of carboxylic acid groups (broad SMARTS) is 4. The van der Waals surface area contributed by atoms with E-state index in [-0.39, 0.29) is 21.1 Å². The fourth-order valence-electron chi connectivity index (χ4n) is 3.45. The summed E-state index contributed by atoms with van der Waals surface area (Å²) in [6.45, 7) is 23.4. The summed E-state index contributed by atoms with van der Waals surface area (Å²) >= 11 is 0. The number of rotatable bonds is 16. The van der Waals surface area contributed by atoms with Crippen LogP contribution in [-0.2, 0) is 40.2 Å². The van der Waals surface area contributed by atoms with E-state index in [9.17, 15) is 39.6 Å². The Morgan fingerprint density at radius 1 is 0.347 bits per heavy atom. The van der Waals surface area contributed by atoms with Crippen LogP contribution in [0.4, 0.5) is 0 Å². The Hall–Kier alpha value is -3.51. The molecule has 0 aliphatic heterocycles. The zero-order chi connectivity index (χ0) is 38.2. The molecule has 9 heteroatoms. The molecule has 0 radical (unpaired) electrons. The van der Waals surface area contributed by atoms with Crippen molar-refractivity contribution in [3.63, 3.8) is 0 Å². The van der Waals surface area contributed by atoms with Crippen LogP contribution in [0.2, 0.25) is 0 Å². The van der Waals surface area contributed by atoms with Crippen molar-refractivity contribution < 1.29 is 60.7 Å². The number of carbonyl (C=O) groups is 4. The monoisotopic (exact) mass is 766 g/mol. The summed E-state index contributed by atoms with van der Waals surface area (Å²) in [5.41, 5.74) is 8.46. The third-order valence-corrected chi connectivity index (χ3v) is 5.82. The maximum absolute atomic E-state index is 10.1. The van der Waals surface area contributed by atoms with Crippen molar-refractivity contribution in [1.82, 2.24) is 0 Å². The molecule has 0 heterocycles. The molecule has 0 bridgehead atoms. The Bertz CT molecular complexity index is 1030. The molecule has 0 N–H and O–H groups in total. The molecule has 0 aliphatic rings. The molecule has 0 fully saturated rings. The minimum Gasteiger partial charge on any atom is -0.545 e. The predicted octanol–water partition coefficient (Wildman–Crippen LogP) is 5.71. The van der Waals surface area contributed by atoms with E-state index in [4.69, 9.17) is 0 Å².